The number of fused-ring (bicyclic) bond motifs is 1. The van der Waals surface area contributed by atoms with Crippen LogP contribution < -0.4 is 13.9 Å². The topological polar surface area (TPSA) is 107 Å². The quantitative estimate of drug-likeness (QED) is 0.264. The Morgan fingerprint density at radius 3 is 2.22 bits per heavy atom. The normalized spacial score (nSPS) is 18.7. The number of nitrogens with zero attached hydrogens (tertiary/aromatic N) is 5. The summed E-state index contributed by atoms with van der Waals surface area (Å²) in [6, 6.07) is 24.9. The van der Waals surface area contributed by atoms with Gasteiger partial charge in [-0.1, -0.05) is 51.1 Å². The number of aromatic nitrogens is 1. The first-order valence-corrected chi connectivity index (χ1v) is 16.8. The summed E-state index contributed by atoms with van der Waals surface area (Å²) in [5, 5.41) is 9.96. The fourth-order valence-corrected chi connectivity index (χ4v) is 8.01. The second kappa shape index (κ2) is 11.9. The van der Waals surface area contributed by atoms with Crippen molar-refractivity contribution < 1.29 is 17.9 Å². The standard InChI is InChI=1S/C36H37N5O4S/c1-5-45-33-9-7-6-8-30(33)36(40-22-20-39(21-23-40)28-16-18-38-19-17-28)31-24-26(25-37)10-15-32(31)41(34(36)42)46(43,44)29-13-11-27(12-14-29)35(2,3)4/h6-19,24H,5,20-23H2,1-4H3. The lowest BCUT2D eigenvalue weighted by atomic mass is 9.80. The summed E-state index contributed by atoms with van der Waals surface area (Å²) in [7, 11) is -4.36. The van der Waals surface area contributed by atoms with Crippen LogP contribution in [-0.4, -0.2) is 57.0 Å². The van der Waals surface area contributed by atoms with Gasteiger partial charge in [0, 0.05) is 55.4 Å². The van der Waals surface area contributed by atoms with Crippen LogP contribution in [0.2, 0.25) is 0 Å². The van der Waals surface area contributed by atoms with Crippen molar-refractivity contribution in [2.24, 2.45) is 0 Å². The van der Waals surface area contributed by atoms with Crippen LogP contribution in [-0.2, 0) is 25.8 Å². The molecule has 0 aliphatic carbocycles. The van der Waals surface area contributed by atoms with Gasteiger partial charge in [-0.05, 0) is 66.4 Å². The predicted molar refractivity (Wildman–Crippen MR) is 177 cm³/mol. The monoisotopic (exact) mass is 635 g/mol. The number of para-hydroxylation sites is 1. The van der Waals surface area contributed by atoms with Gasteiger partial charge in [0.05, 0.1) is 28.8 Å². The minimum absolute atomic E-state index is 0.0144. The molecule has 9 nitrogen and oxygen atoms in total. The van der Waals surface area contributed by atoms with E-state index in [-0.39, 0.29) is 16.0 Å². The Bertz CT molecular complexity index is 1910. The van der Waals surface area contributed by atoms with E-state index in [1.807, 2.05) is 42.2 Å². The third-order valence-electron chi connectivity index (χ3n) is 8.85. The minimum Gasteiger partial charge on any atom is -0.493 e. The fraction of sp³-hybridized carbons (Fsp3) is 0.306. The molecular formula is C36H37N5O4S. The van der Waals surface area contributed by atoms with Gasteiger partial charge in [-0.25, -0.2) is 12.7 Å². The molecule has 3 aromatic carbocycles. The van der Waals surface area contributed by atoms with E-state index in [4.69, 9.17) is 4.74 Å². The molecule has 1 atom stereocenters. The molecule has 1 aromatic heterocycles. The summed E-state index contributed by atoms with van der Waals surface area (Å²) in [6.07, 6.45) is 3.50. The molecule has 0 radical (unpaired) electrons. The summed E-state index contributed by atoms with van der Waals surface area (Å²) in [4.78, 5) is 23.7. The van der Waals surface area contributed by atoms with Crippen molar-refractivity contribution in [3.8, 4) is 11.8 Å². The molecule has 1 fully saturated rings. The first-order valence-electron chi connectivity index (χ1n) is 15.4. The lowest BCUT2D eigenvalue weighted by Gasteiger charge is -2.46. The van der Waals surface area contributed by atoms with Crippen LogP contribution in [0.5, 0.6) is 5.75 Å². The van der Waals surface area contributed by atoms with Gasteiger partial charge in [-0.3, -0.25) is 14.7 Å². The van der Waals surface area contributed by atoms with Gasteiger partial charge < -0.3 is 9.64 Å². The van der Waals surface area contributed by atoms with Crippen LogP contribution in [0.15, 0.2) is 96.2 Å². The zero-order valence-corrected chi connectivity index (χ0v) is 27.3. The summed E-state index contributed by atoms with van der Waals surface area (Å²) in [5.74, 6) is -0.140. The van der Waals surface area contributed by atoms with Crippen LogP contribution in [0.25, 0.3) is 0 Å². The minimum atomic E-state index is -4.36. The second-order valence-electron chi connectivity index (χ2n) is 12.5. The van der Waals surface area contributed by atoms with Crippen LogP contribution in [0.1, 0.15) is 49.9 Å². The Labute approximate surface area is 270 Å². The molecular weight excluding hydrogens is 598 g/mol. The van der Waals surface area contributed by atoms with E-state index in [1.165, 1.54) is 0 Å². The number of amides is 1. The highest BCUT2D eigenvalue weighted by Crippen LogP contribution is 2.53. The molecule has 3 heterocycles. The Balaban J connectivity index is 1.55. The largest absolute Gasteiger partial charge is 0.493 e. The van der Waals surface area contributed by atoms with E-state index in [0.717, 1.165) is 15.6 Å². The van der Waals surface area contributed by atoms with E-state index in [0.29, 0.717) is 55.2 Å². The Kier molecular flexibility index (Phi) is 8.09. The first kappa shape index (κ1) is 31.3. The second-order valence-corrected chi connectivity index (χ2v) is 14.3. The molecule has 4 aromatic rings. The highest BCUT2D eigenvalue weighted by atomic mass is 32.2. The molecule has 6 rings (SSSR count). The molecule has 10 heteroatoms. The molecule has 0 spiro atoms. The highest BCUT2D eigenvalue weighted by Gasteiger charge is 2.60. The number of rotatable bonds is 7. The fourth-order valence-electron chi connectivity index (χ4n) is 6.55. The first-order chi connectivity index (χ1) is 22.0. The molecule has 0 saturated carbocycles. The number of sulfonamides is 1. The number of hydrogen-bond acceptors (Lipinski definition) is 8. The number of carbonyl (C=O) groups excluding carboxylic acids is 1. The van der Waals surface area contributed by atoms with Gasteiger partial charge in [0.1, 0.15) is 5.75 Å². The Morgan fingerprint density at radius 1 is 0.913 bits per heavy atom. The highest BCUT2D eigenvalue weighted by molar-refractivity contribution is 7.93. The van der Waals surface area contributed by atoms with E-state index in [2.05, 4.69) is 36.7 Å². The maximum atomic E-state index is 15.3. The third kappa shape index (κ3) is 5.10. The van der Waals surface area contributed by atoms with Gasteiger partial charge in [0.25, 0.3) is 15.9 Å². The maximum absolute atomic E-state index is 15.3. The number of ether oxygens (including phenoxy) is 1. The van der Waals surface area contributed by atoms with Crippen molar-refractivity contribution in [1.29, 1.82) is 5.26 Å². The molecule has 1 amide bonds. The summed E-state index contributed by atoms with van der Waals surface area (Å²) < 4.78 is 36.1. The number of anilines is 2. The molecule has 0 N–H and O–H groups in total. The molecule has 236 valence electrons. The molecule has 2 aliphatic rings. The lowest BCUT2D eigenvalue weighted by Crippen LogP contribution is -2.60. The van der Waals surface area contributed by atoms with Crippen LogP contribution in [0, 0.1) is 11.3 Å². The van der Waals surface area contributed by atoms with Gasteiger partial charge in [-0.15, -0.1) is 0 Å². The molecule has 1 unspecified atom stereocenters. The maximum Gasteiger partial charge on any atom is 0.271 e. The summed E-state index contributed by atoms with van der Waals surface area (Å²) >= 11 is 0. The number of carbonyl (C=O) groups is 1. The van der Waals surface area contributed by atoms with Crippen LogP contribution in [0.4, 0.5) is 11.4 Å². The number of piperazine rings is 1. The summed E-state index contributed by atoms with van der Waals surface area (Å²) in [6.45, 7) is 10.5. The van der Waals surface area contributed by atoms with E-state index >= 15 is 4.79 Å². The smallest absolute Gasteiger partial charge is 0.271 e. The number of pyridine rings is 1. The lowest BCUT2D eigenvalue weighted by molar-refractivity contribution is -0.127. The summed E-state index contributed by atoms with van der Waals surface area (Å²) in [5.41, 5.74) is 1.78. The molecule has 2 aliphatic heterocycles. The van der Waals surface area contributed by atoms with Crippen molar-refractivity contribution >= 4 is 27.3 Å². The average Bonchev–Trinajstić information content (AvgIpc) is 3.33. The van der Waals surface area contributed by atoms with Gasteiger partial charge in [0.2, 0.25) is 0 Å². The van der Waals surface area contributed by atoms with Gasteiger partial charge in [-0.2, -0.15) is 5.26 Å². The molecule has 1 saturated heterocycles. The number of nitriles is 1. The van der Waals surface area contributed by atoms with E-state index in [1.54, 1.807) is 60.9 Å². The SMILES string of the molecule is CCOc1ccccc1C1(N2CCN(c3ccncc3)CC2)C(=O)N(S(=O)(=O)c2ccc(C(C)(C)C)cc2)c2ccc(C#N)cc21. The third-order valence-corrected chi connectivity index (χ3v) is 10.6. The van der Waals surface area contributed by atoms with Crippen molar-refractivity contribution in [1.82, 2.24) is 9.88 Å². The van der Waals surface area contributed by atoms with E-state index in [9.17, 15) is 13.7 Å². The van der Waals surface area contributed by atoms with Crippen molar-refractivity contribution in [3.63, 3.8) is 0 Å². The molecule has 46 heavy (non-hydrogen) atoms. The van der Waals surface area contributed by atoms with Gasteiger partial charge >= 0.3 is 0 Å². The van der Waals surface area contributed by atoms with Gasteiger partial charge in [0.15, 0.2) is 5.54 Å². The van der Waals surface area contributed by atoms with Crippen LogP contribution in [0.3, 0.4) is 0 Å². The van der Waals surface area contributed by atoms with Crippen molar-refractivity contribution in [2.75, 3.05) is 42.0 Å². The number of benzene rings is 3. The predicted octanol–water partition coefficient (Wildman–Crippen LogP) is 5.45. The van der Waals surface area contributed by atoms with Crippen molar-refractivity contribution in [3.05, 3.63) is 114 Å². The molecule has 0 bridgehead atoms. The van der Waals surface area contributed by atoms with Crippen molar-refractivity contribution in [2.45, 2.75) is 43.5 Å². The Morgan fingerprint density at radius 2 is 1.59 bits per heavy atom. The zero-order valence-electron chi connectivity index (χ0n) is 26.5. The number of hydrogen-bond donors (Lipinski definition) is 0. The Hall–Kier alpha value is -4.72. The van der Waals surface area contributed by atoms with E-state index < -0.39 is 21.5 Å². The van der Waals surface area contributed by atoms with Crippen LogP contribution >= 0.6 is 0 Å². The zero-order chi connectivity index (χ0) is 32.7. The average molecular weight is 636 g/mol.